The molecule has 0 aromatic heterocycles. The van der Waals surface area contributed by atoms with E-state index in [2.05, 4.69) is 13.8 Å². The van der Waals surface area contributed by atoms with Crippen LogP contribution in [0.5, 0.6) is 0 Å². The molecular weight excluding hydrogens is 296 g/mol. The number of hydrogen-bond donors (Lipinski definition) is 0. The van der Waals surface area contributed by atoms with Crippen LogP contribution >= 0.6 is 10.8 Å². The second-order valence-corrected chi connectivity index (χ2v) is 10.5. The van der Waals surface area contributed by atoms with Gasteiger partial charge in [0.15, 0.2) is 0 Å². The topological polar surface area (TPSA) is 60.4 Å². The summed E-state index contributed by atoms with van der Waals surface area (Å²) in [5.74, 6) is 0.422. The Balaban J connectivity index is 4.43. The molecule has 0 rings (SSSR count). The predicted molar refractivity (Wildman–Crippen MR) is 85.3 cm³/mol. The Morgan fingerprint density at radius 2 is 1.80 bits per heavy atom. The van der Waals surface area contributed by atoms with Crippen molar-refractivity contribution in [2.24, 2.45) is 17.3 Å². The van der Waals surface area contributed by atoms with E-state index in [0.717, 1.165) is 17.2 Å². The number of carbonyl (C=O) groups excluding carboxylic acids is 1. The van der Waals surface area contributed by atoms with Gasteiger partial charge in [0.25, 0.3) is 0 Å². The molecule has 0 aromatic carbocycles. The van der Waals surface area contributed by atoms with Gasteiger partial charge in [-0.15, -0.1) is 0 Å². The van der Waals surface area contributed by atoms with Crippen molar-refractivity contribution in [3.8, 4) is 0 Å². The number of hydrogen-bond acceptors (Lipinski definition) is 5. The van der Waals surface area contributed by atoms with E-state index in [4.69, 9.17) is 4.74 Å². The smallest absolute Gasteiger partial charge is 0.312 e. The summed E-state index contributed by atoms with van der Waals surface area (Å²) in [7, 11) is -2.23. The van der Waals surface area contributed by atoms with Crippen LogP contribution in [0, 0.1) is 17.3 Å². The Hall–Kier alpha value is -0.230. The Labute approximate surface area is 127 Å². The lowest BCUT2D eigenvalue weighted by atomic mass is 9.73. The third kappa shape index (κ3) is 6.48. The minimum atomic E-state index is -3.06. The molecule has 0 aliphatic carbocycles. The predicted octanol–water partition coefficient (Wildman–Crippen LogP) is 3.32. The minimum absolute atomic E-state index is 0.0457. The fourth-order valence-electron chi connectivity index (χ4n) is 2.05. The summed E-state index contributed by atoms with van der Waals surface area (Å²) in [4.78, 5) is 12.3. The van der Waals surface area contributed by atoms with Crippen LogP contribution in [0.3, 0.4) is 0 Å². The first-order chi connectivity index (χ1) is 9.05. The van der Waals surface area contributed by atoms with Crippen molar-refractivity contribution in [1.29, 1.82) is 0 Å². The van der Waals surface area contributed by atoms with Gasteiger partial charge in [0, 0.05) is 0 Å². The third-order valence-electron chi connectivity index (χ3n) is 3.60. The molecule has 0 N–H and O–H groups in total. The van der Waals surface area contributed by atoms with Gasteiger partial charge in [0.1, 0.15) is 0 Å². The lowest BCUT2D eigenvalue weighted by Crippen LogP contribution is -2.36. The van der Waals surface area contributed by atoms with Gasteiger partial charge >= 0.3 is 5.97 Å². The zero-order chi connectivity index (χ0) is 16.0. The summed E-state index contributed by atoms with van der Waals surface area (Å²) in [6.45, 7) is 10.3. The fourth-order valence-corrected chi connectivity index (χ4v) is 3.54. The Bertz CT molecular complexity index is 401. The molecule has 0 aliphatic heterocycles. The molecule has 0 fully saturated rings. The molecule has 4 nitrogen and oxygen atoms in total. The number of esters is 1. The van der Waals surface area contributed by atoms with Gasteiger partial charge in [-0.25, -0.2) is 8.42 Å². The Morgan fingerprint density at radius 3 is 2.20 bits per heavy atom. The molecule has 0 saturated heterocycles. The highest BCUT2D eigenvalue weighted by Gasteiger charge is 2.38. The fraction of sp³-hybridized carbons (Fsp3) is 0.929. The molecule has 20 heavy (non-hydrogen) atoms. The molecule has 0 spiro atoms. The maximum atomic E-state index is 12.3. The van der Waals surface area contributed by atoms with Crippen LogP contribution in [0.1, 0.15) is 47.5 Å². The van der Waals surface area contributed by atoms with Crippen LogP contribution in [-0.4, -0.2) is 33.0 Å². The van der Waals surface area contributed by atoms with Gasteiger partial charge in [-0.1, -0.05) is 27.7 Å². The average Bonchev–Trinajstić information content (AvgIpc) is 2.33. The Kier molecular flexibility index (Phi) is 8.18. The summed E-state index contributed by atoms with van der Waals surface area (Å²) < 4.78 is 27.9. The largest absolute Gasteiger partial charge is 0.465 e. The van der Waals surface area contributed by atoms with Gasteiger partial charge in [0.05, 0.1) is 17.8 Å². The first-order valence-corrected chi connectivity index (χ1v) is 10.4. The molecule has 1 unspecified atom stereocenters. The lowest BCUT2D eigenvalue weighted by molar-refractivity contribution is -0.159. The zero-order valence-electron chi connectivity index (χ0n) is 13.4. The van der Waals surface area contributed by atoms with E-state index < -0.39 is 14.3 Å². The van der Waals surface area contributed by atoms with E-state index in [1.54, 1.807) is 6.26 Å². The van der Waals surface area contributed by atoms with Gasteiger partial charge < -0.3 is 4.74 Å². The normalized spacial score (nSPS) is 15.4. The van der Waals surface area contributed by atoms with Crippen LogP contribution in [0.4, 0.5) is 0 Å². The molecule has 0 aromatic rings. The molecular formula is C14H28O4S2. The molecule has 0 heterocycles. The van der Waals surface area contributed by atoms with E-state index in [1.165, 1.54) is 0 Å². The van der Waals surface area contributed by atoms with Crippen molar-refractivity contribution in [2.45, 2.75) is 47.5 Å². The standard InChI is InChI=1S/C14H28O4S2/c1-11(2)10-14(5,12(3)4)13(15)18-8-7-9-20(16,17)19-6/h11-12H,7-10H2,1-6H3. The number of ether oxygens (including phenoxy) is 1. The average molecular weight is 325 g/mol. The molecule has 0 amide bonds. The monoisotopic (exact) mass is 324 g/mol. The van der Waals surface area contributed by atoms with E-state index in [1.807, 2.05) is 20.8 Å². The van der Waals surface area contributed by atoms with Crippen molar-refractivity contribution < 1.29 is 17.9 Å². The van der Waals surface area contributed by atoms with Crippen LogP contribution in [0.25, 0.3) is 0 Å². The summed E-state index contributed by atoms with van der Waals surface area (Å²) in [6, 6.07) is 0. The highest BCUT2D eigenvalue weighted by Crippen LogP contribution is 2.35. The third-order valence-corrected chi connectivity index (χ3v) is 6.92. The lowest BCUT2D eigenvalue weighted by Gasteiger charge is -2.32. The summed E-state index contributed by atoms with van der Waals surface area (Å²) in [5, 5.41) is 0. The highest BCUT2D eigenvalue weighted by atomic mass is 33.1. The molecule has 1 atom stereocenters. The van der Waals surface area contributed by atoms with Crippen molar-refractivity contribution in [2.75, 3.05) is 18.6 Å². The van der Waals surface area contributed by atoms with Gasteiger partial charge in [-0.2, -0.15) is 0 Å². The summed E-state index contributed by atoms with van der Waals surface area (Å²) >= 11 is 0. The summed E-state index contributed by atoms with van der Waals surface area (Å²) in [5.41, 5.74) is -0.507. The number of rotatable bonds is 9. The summed E-state index contributed by atoms with van der Waals surface area (Å²) in [6.07, 6.45) is 2.66. The molecule has 0 bridgehead atoms. The first-order valence-electron chi connectivity index (χ1n) is 7.00. The second-order valence-electron chi connectivity index (χ2n) is 6.09. The van der Waals surface area contributed by atoms with Gasteiger partial charge in [-0.05, 0) is 48.7 Å². The van der Waals surface area contributed by atoms with E-state index in [-0.39, 0.29) is 24.2 Å². The molecule has 0 aliphatic rings. The van der Waals surface area contributed by atoms with Crippen molar-refractivity contribution in [3.05, 3.63) is 0 Å². The SMILES string of the molecule is CSS(=O)(=O)CCCOC(=O)C(C)(CC(C)C)C(C)C. The van der Waals surface area contributed by atoms with Crippen LogP contribution < -0.4 is 0 Å². The second kappa shape index (κ2) is 8.27. The molecule has 0 saturated carbocycles. The van der Waals surface area contributed by atoms with Crippen molar-refractivity contribution in [1.82, 2.24) is 0 Å². The van der Waals surface area contributed by atoms with Crippen LogP contribution in [-0.2, 0) is 18.4 Å². The van der Waals surface area contributed by atoms with Gasteiger partial charge in [-0.3, -0.25) is 4.79 Å². The van der Waals surface area contributed by atoms with Gasteiger partial charge in [0.2, 0.25) is 8.87 Å². The zero-order valence-corrected chi connectivity index (χ0v) is 15.1. The van der Waals surface area contributed by atoms with E-state index >= 15 is 0 Å². The van der Waals surface area contributed by atoms with Crippen LogP contribution in [0.2, 0.25) is 0 Å². The number of carbonyl (C=O) groups is 1. The van der Waals surface area contributed by atoms with Crippen molar-refractivity contribution in [3.63, 3.8) is 0 Å². The quantitative estimate of drug-likeness (QED) is 0.370. The minimum Gasteiger partial charge on any atom is -0.465 e. The first kappa shape index (κ1) is 19.8. The molecule has 120 valence electrons. The van der Waals surface area contributed by atoms with E-state index in [0.29, 0.717) is 12.3 Å². The highest BCUT2D eigenvalue weighted by molar-refractivity contribution is 8.71. The molecule has 0 radical (unpaired) electrons. The maximum absolute atomic E-state index is 12.3. The Morgan fingerprint density at radius 1 is 1.25 bits per heavy atom. The van der Waals surface area contributed by atoms with E-state index in [9.17, 15) is 13.2 Å². The van der Waals surface area contributed by atoms with Crippen LogP contribution in [0.15, 0.2) is 0 Å². The van der Waals surface area contributed by atoms with Crippen molar-refractivity contribution >= 4 is 25.6 Å². The maximum Gasteiger partial charge on any atom is 0.312 e. The molecule has 6 heteroatoms.